The summed E-state index contributed by atoms with van der Waals surface area (Å²) in [5.74, 6) is -7.36. The van der Waals surface area contributed by atoms with Crippen LogP contribution >= 0.6 is 0 Å². The fraction of sp³-hybridized carbons (Fsp3) is 0.833. The molecule has 6 aliphatic rings. The van der Waals surface area contributed by atoms with Gasteiger partial charge in [-0.25, -0.2) is 13.6 Å². The van der Waals surface area contributed by atoms with E-state index in [9.17, 15) is 49.8 Å². The number of nitrogens with one attached hydrogen (secondary N) is 1. The Morgan fingerprint density at radius 3 is 2.28 bits per heavy atom. The molecule has 17 heteroatoms. The first-order valence-electron chi connectivity index (χ1n) is 23.5. The van der Waals surface area contributed by atoms with Crippen LogP contribution in [0.4, 0.5) is 8.78 Å². The number of ketones is 1. The lowest BCUT2D eigenvalue weighted by Gasteiger charge is -2.63. The Balaban J connectivity index is 1.13. The molecule has 0 amide bonds. The molecule has 6 rings (SSSR count). The molecule has 0 aromatic heterocycles. The Kier molecular flexibility index (Phi) is 14.2. The number of ether oxygens (including phenoxy) is 3. The molecule has 0 aromatic rings. The van der Waals surface area contributed by atoms with E-state index < -0.39 is 135 Å². The van der Waals surface area contributed by atoms with Crippen LogP contribution in [-0.2, 0) is 33.4 Å². The summed E-state index contributed by atoms with van der Waals surface area (Å²) in [6, 6.07) is -0.738. The highest BCUT2D eigenvalue weighted by Crippen LogP contribution is 2.72. The van der Waals surface area contributed by atoms with E-state index in [1.165, 1.54) is 32.9 Å². The quantitative estimate of drug-likeness (QED) is 0.0949. The lowest BCUT2D eigenvalue weighted by Crippen LogP contribution is -2.71. The molecular weight excluding hydrogens is 851 g/mol. The van der Waals surface area contributed by atoms with E-state index in [2.05, 4.69) is 5.32 Å². The zero-order chi connectivity index (χ0) is 48.6. The topological polar surface area (TPSA) is 233 Å². The van der Waals surface area contributed by atoms with Gasteiger partial charge in [-0.2, -0.15) is 0 Å². The first-order chi connectivity index (χ1) is 30.1. The van der Waals surface area contributed by atoms with Gasteiger partial charge in [0.15, 0.2) is 11.5 Å². The number of hydrogen-bond donors (Lipinski definition) is 7. The fourth-order valence-corrected chi connectivity index (χ4v) is 13.4. The van der Waals surface area contributed by atoms with E-state index in [0.29, 0.717) is 19.5 Å². The molecule has 0 spiro atoms. The molecule has 19 atom stereocenters. The van der Waals surface area contributed by atoms with Crippen LogP contribution in [0, 0.1) is 45.8 Å². The van der Waals surface area contributed by atoms with Crippen molar-refractivity contribution in [3.05, 3.63) is 23.8 Å². The van der Waals surface area contributed by atoms with Gasteiger partial charge in [0.1, 0.15) is 24.0 Å². The number of halogens is 2. The molecule has 5 fully saturated rings. The number of cyclic esters (lactones) is 1. The Morgan fingerprint density at radius 1 is 0.985 bits per heavy atom. The molecule has 2 unspecified atom stereocenters. The lowest BCUT2D eigenvalue weighted by atomic mass is 9.44. The molecule has 15 nitrogen and oxygen atoms in total. The molecule has 1 saturated heterocycles. The average molecular weight is 925 g/mol. The van der Waals surface area contributed by atoms with Crippen molar-refractivity contribution in [1.29, 1.82) is 0 Å². The second kappa shape index (κ2) is 17.9. The largest absolute Gasteiger partial charge is 0.466 e. The predicted molar refractivity (Wildman–Crippen MR) is 232 cm³/mol. The van der Waals surface area contributed by atoms with Crippen molar-refractivity contribution in [1.82, 2.24) is 10.2 Å². The van der Waals surface area contributed by atoms with E-state index in [1.807, 2.05) is 4.90 Å². The van der Waals surface area contributed by atoms with Gasteiger partial charge in [0.2, 0.25) is 5.60 Å². The molecule has 0 radical (unpaired) electrons. The van der Waals surface area contributed by atoms with Gasteiger partial charge in [-0.15, -0.1) is 0 Å². The number of alkyl halides is 2. The average Bonchev–Trinajstić information content (AvgIpc) is 3.74. The maximum atomic E-state index is 17.8. The minimum Gasteiger partial charge on any atom is -0.466 e. The summed E-state index contributed by atoms with van der Waals surface area (Å²) in [5, 5.41) is 72.6. The number of esters is 3. The summed E-state index contributed by atoms with van der Waals surface area (Å²) in [6.07, 6.45) is -4.91. The maximum Gasteiger partial charge on any atom is 0.351 e. The van der Waals surface area contributed by atoms with E-state index >= 15 is 8.78 Å². The number of carbonyl (C=O) groups excluding carboxylic acids is 4. The third-order valence-corrected chi connectivity index (χ3v) is 17.7. The van der Waals surface area contributed by atoms with E-state index in [1.54, 1.807) is 41.5 Å². The molecule has 368 valence electrons. The fourth-order valence-electron chi connectivity index (χ4n) is 13.4. The van der Waals surface area contributed by atoms with E-state index in [4.69, 9.17) is 14.2 Å². The minimum atomic E-state index is -2.38. The standard InChI is InChI=1S/C48H74F2N2O13/c1-11-35-45(9,61)39(58)28(5)52(24-42(6)23-46(42,62)38(57)26(3)37(56)27(4)40(59)64-35)18-12-16-51-17-14-36(55)65-48(41(60)63-10)25(2)19-30-31-21-33(49)32-20-29(53)13-15-43(32,7)47(31,50)34(54)22-44(30,48)8/h13,15,20,25-28,30-31,33-35,37-39,51,54,56-58,61-62H,11-12,14,16-19,21-24H2,1-10H3/t25-,26+,27-,28-,30?,31?,33+,34+,35-,37+,38-,39-,42+,43+,44+,45-,46-,47+,48+/m1/s1. The molecule has 0 bridgehead atoms. The Labute approximate surface area is 381 Å². The van der Waals surface area contributed by atoms with Gasteiger partial charge in [0, 0.05) is 53.1 Å². The summed E-state index contributed by atoms with van der Waals surface area (Å²) in [5.41, 5.74) is -11.7. The first kappa shape index (κ1) is 51.5. The number of aliphatic hydroxyl groups excluding tert-OH is 4. The van der Waals surface area contributed by atoms with Crippen LogP contribution in [0.25, 0.3) is 0 Å². The zero-order valence-electron chi connectivity index (χ0n) is 39.7. The summed E-state index contributed by atoms with van der Waals surface area (Å²) in [7, 11) is 1.16. The van der Waals surface area contributed by atoms with Gasteiger partial charge in [0.05, 0.1) is 43.4 Å². The highest BCUT2D eigenvalue weighted by atomic mass is 19.1. The van der Waals surface area contributed by atoms with Crippen molar-refractivity contribution in [2.75, 3.05) is 33.3 Å². The van der Waals surface area contributed by atoms with Crippen molar-refractivity contribution in [2.24, 2.45) is 45.8 Å². The van der Waals surface area contributed by atoms with Crippen LogP contribution < -0.4 is 5.32 Å². The Hall–Kier alpha value is -2.90. The van der Waals surface area contributed by atoms with E-state index in [0.717, 1.165) is 13.2 Å². The predicted octanol–water partition coefficient (Wildman–Crippen LogP) is 2.65. The lowest BCUT2D eigenvalue weighted by molar-refractivity contribution is -0.238. The van der Waals surface area contributed by atoms with E-state index in [-0.39, 0.29) is 57.2 Å². The molecular formula is C48H74F2N2O13. The molecule has 0 aromatic carbocycles. The zero-order valence-corrected chi connectivity index (χ0v) is 39.7. The molecule has 4 saturated carbocycles. The highest BCUT2D eigenvalue weighted by molar-refractivity contribution is 6.01. The number of allylic oxidation sites excluding steroid dienone is 4. The third-order valence-electron chi connectivity index (χ3n) is 17.7. The summed E-state index contributed by atoms with van der Waals surface area (Å²) >= 11 is 0. The number of rotatable bonds is 10. The number of hydrogen-bond acceptors (Lipinski definition) is 15. The van der Waals surface area contributed by atoms with Crippen molar-refractivity contribution >= 4 is 23.7 Å². The Bertz CT molecular complexity index is 1920. The minimum absolute atomic E-state index is 0.0193. The number of nitrogens with zero attached hydrogens (tertiary/aromatic N) is 1. The van der Waals surface area contributed by atoms with Gasteiger partial charge in [-0.3, -0.25) is 19.3 Å². The van der Waals surface area contributed by atoms with Gasteiger partial charge < -0.3 is 50.2 Å². The normalized spacial score (nSPS) is 49.0. The van der Waals surface area contributed by atoms with Crippen LogP contribution in [0.3, 0.4) is 0 Å². The van der Waals surface area contributed by atoms with Gasteiger partial charge >= 0.3 is 17.9 Å². The smallest absolute Gasteiger partial charge is 0.351 e. The summed E-state index contributed by atoms with van der Waals surface area (Å²) in [4.78, 5) is 55.1. The number of methoxy groups -OCH3 is 1. The van der Waals surface area contributed by atoms with Crippen molar-refractivity contribution in [2.45, 2.75) is 172 Å². The number of fused-ring (bicyclic) bond motifs is 6. The van der Waals surface area contributed by atoms with Gasteiger partial charge in [0.25, 0.3) is 0 Å². The second-order valence-corrected chi connectivity index (χ2v) is 21.5. The maximum absolute atomic E-state index is 17.8. The third kappa shape index (κ3) is 7.92. The van der Waals surface area contributed by atoms with Crippen LogP contribution in [0.15, 0.2) is 23.8 Å². The summed E-state index contributed by atoms with van der Waals surface area (Å²) in [6.45, 7) is 15.5. The van der Waals surface area contributed by atoms with Crippen LogP contribution in [0.5, 0.6) is 0 Å². The summed E-state index contributed by atoms with van der Waals surface area (Å²) < 4.78 is 50.9. The van der Waals surface area contributed by atoms with Gasteiger partial charge in [-0.1, -0.05) is 40.7 Å². The SMILES string of the molecule is CC[C@H]1OC(=O)[C@H](C)[C@@H](O)[C@H](C)[C@@H](O)[C@]2(O)C[C@@]2(C)CN(CCCNCCC(=O)O[C@]2(C(=O)OC)[C@H](C)CC3C4C[C@H](F)C5=CC(=O)C=C[C@]5(C)[C@@]4(F)[C@@H](O)C[C@@]32C)[C@H](C)[C@@H](O)[C@]1(C)O. The molecule has 1 heterocycles. The van der Waals surface area contributed by atoms with Crippen LogP contribution in [0.1, 0.15) is 107 Å². The molecule has 65 heavy (non-hydrogen) atoms. The molecule has 5 aliphatic carbocycles. The van der Waals surface area contributed by atoms with Crippen molar-refractivity contribution < 1.29 is 72.8 Å². The highest BCUT2D eigenvalue weighted by Gasteiger charge is 2.79. The number of carbonyl (C=O) groups is 4. The molecule has 7 N–H and O–H groups in total. The van der Waals surface area contributed by atoms with Gasteiger partial charge in [-0.05, 0) is 103 Å². The Morgan fingerprint density at radius 2 is 1.65 bits per heavy atom. The van der Waals surface area contributed by atoms with Crippen LogP contribution in [0.2, 0.25) is 0 Å². The second-order valence-electron chi connectivity index (χ2n) is 21.5. The monoisotopic (exact) mass is 925 g/mol. The first-order valence-corrected chi connectivity index (χ1v) is 23.5. The molecule has 1 aliphatic heterocycles. The number of aliphatic hydroxyl groups is 6. The van der Waals surface area contributed by atoms with Crippen molar-refractivity contribution in [3.8, 4) is 0 Å². The van der Waals surface area contributed by atoms with Crippen LogP contribution in [-0.4, -0.2) is 158 Å². The van der Waals surface area contributed by atoms with Crippen molar-refractivity contribution in [3.63, 3.8) is 0 Å².